The van der Waals surface area contributed by atoms with Crippen LogP contribution in [0.3, 0.4) is 0 Å². The van der Waals surface area contributed by atoms with E-state index in [0.29, 0.717) is 6.04 Å². The van der Waals surface area contributed by atoms with E-state index in [4.69, 9.17) is 0 Å². The molecule has 98 valence electrons. The Bertz CT molecular complexity index is 573. The van der Waals surface area contributed by atoms with Gasteiger partial charge in [0.25, 0.3) is 0 Å². The molecular formula is C15H18N4. The molecule has 0 bridgehead atoms. The van der Waals surface area contributed by atoms with Gasteiger partial charge in [-0.3, -0.25) is 0 Å². The SMILES string of the molecule is Cc1ccc(-c2ccc(NC3CNC3)nn2)c(C)c1. The molecule has 1 aromatic carbocycles. The highest BCUT2D eigenvalue weighted by Gasteiger charge is 2.16. The Morgan fingerprint density at radius 2 is 1.95 bits per heavy atom. The lowest BCUT2D eigenvalue weighted by molar-refractivity contribution is 0.470. The number of nitrogens with one attached hydrogen (secondary N) is 2. The number of rotatable bonds is 3. The van der Waals surface area contributed by atoms with Crippen molar-refractivity contribution in [1.29, 1.82) is 0 Å². The fraction of sp³-hybridized carbons (Fsp3) is 0.333. The van der Waals surface area contributed by atoms with Crippen LogP contribution in [0.25, 0.3) is 11.3 Å². The van der Waals surface area contributed by atoms with E-state index < -0.39 is 0 Å². The van der Waals surface area contributed by atoms with Gasteiger partial charge in [-0.25, -0.2) is 0 Å². The fourth-order valence-corrected chi connectivity index (χ4v) is 2.25. The minimum Gasteiger partial charge on any atom is -0.363 e. The molecule has 19 heavy (non-hydrogen) atoms. The second-order valence-corrected chi connectivity index (χ2v) is 5.12. The molecule has 0 saturated carbocycles. The summed E-state index contributed by atoms with van der Waals surface area (Å²) in [5.41, 5.74) is 4.58. The first kappa shape index (κ1) is 12.1. The fourth-order valence-electron chi connectivity index (χ4n) is 2.25. The van der Waals surface area contributed by atoms with E-state index >= 15 is 0 Å². The van der Waals surface area contributed by atoms with E-state index in [1.54, 1.807) is 0 Å². The lowest BCUT2D eigenvalue weighted by Gasteiger charge is -2.28. The molecule has 2 N–H and O–H groups in total. The second-order valence-electron chi connectivity index (χ2n) is 5.12. The zero-order valence-electron chi connectivity index (χ0n) is 11.3. The molecule has 1 saturated heterocycles. The Morgan fingerprint density at radius 3 is 2.53 bits per heavy atom. The van der Waals surface area contributed by atoms with Crippen molar-refractivity contribution in [2.75, 3.05) is 18.4 Å². The van der Waals surface area contributed by atoms with E-state index in [9.17, 15) is 0 Å². The van der Waals surface area contributed by atoms with Crippen LogP contribution in [0, 0.1) is 13.8 Å². The van der Waals surface area contributed by atoms with Crippen molar-refractivity contribution < 1.29 is 0 Å². The van der Waals surface area contributed by atoms with Crippen molar-refractivity contribution in [3.8, 4) is 11.3 Å². The third-order valence-electron chi connectivity index (χ3n) is 3.46. The summed E-state index contributed by atoms with van der Waals surface area (Å²) in [6.07, 6.45) is 0. The standard InChI is InChI=1S/C15H18N4/c1-10-3-4-13(11(2)7-10)14-5-6-15(19-18-14)17-12-8-16-9-12/h3-7,12,16H,8-9H2,1-2H3,(H,17,19). The molecule has 1 aliphatic heterocycles. The molecule has 0 amide bonds. The van der Waals surface area contributed by atoms with Crippen molar-refractivity contribution >= 4 is 5.82 Å². The van der Waals surface area contributed by atoms with Crippen LogP contribution in [0.2, 0.25) is 0 Å². The van der Waals surface area contributed by atoms with Gasteiger partial charge in [-0.2, -0.15) is 0 Å². The maximum Gasteiger partial charge on any atom is 0.148 e. The highest BCUT2D eigenvalue weighted by atomic mass is 15.2. The zero-order chi connectivity index (χ0) is 13.2. The minimum absolute atomic E-state index is 0.487. The van der Waals surface area contributed by atoms with Crippen LogP contribution in [-0.4, -0.2) is 29.3 Å². The highest BCUT2D eigenvalue weighted by molar-refractivity contribution is 5.64. The molecule has 0 unspecified atom stereocenters. The number of hydrogen-bond donors (Lipinski definition) is 2. The van der Waals surface area contributed by atoms with Crippen molar-refractivity contribution in [2.45, 2.75) is 19.9 Å². The van der Waals surface area contributed by atoms with Crippen LogP contribution in [-0.2, 0) is 0 Å². The predicted octanol–water partition coefficient (Wildman–Crippen LogP) is 2.14. The molecule has 0 atom stereocenters. The van der Waals surface area contributed by atoms with Gasteiger partial charge < -0.3 is 10.6 Å². The van der Waals surface area contributed by atoms with Gasteiger partial charge >= 0.3 is 0 Å². The average Bonchev–Trinajstić information content (AvgIpc) is 2.35. The number of aryl methyl sites for hydroxylation is 2. The Morgan fingerprint density at radius 1 is 1.11 bits per heavy atom. The van der Waals surface area contributed by atoms with Gasteiger partial charge in [0.2, 0.25) is 0 Å². The molecule has 2 heterocycles. The molecule has 1 aromatic heterocycles. The molecule has 2 aromatic rings. The quantitative estimate of drug-likeness (QED) is 0.881. The summed E-state index contributed by atoms with van der Waals surface area (Å²) in [4.78, 5) is 0. The van der Waals surface area contributed by atoms with Crippen molar-refractivity contribution in [2.24, 2.45) is 0 Å². The van der Waals surface area contributed by atoms with E-state index in [1.807, 2.05) is 12.1 Å². The van der Waals surface area contributed by atoms with Crippen molar-refractivity contribution in [3.63, 3.8) is 0 Å². The Labute approximate surface area is 113 Å². The van der Waals surface area contributed by atoms with Crippen LogP contribution < -0.4 is 10.6 Å². The Balaban J connectivity index is 1.81. The monoisotopic (exact) mass is 254 g/mol. The first-order valence-corrected chi connectivity index (χ1v) is 6.61. The summed E-state index contributed by atoms with van der Waals surface area (Å²) in [7, 11) is 0. The van der Waals surface area contributed by atoms with Crippen LogP contribution in [0.4, 0.5) is 5.82 Å². The molecule has 4 nitrogen and oxygen atoms in total. The van der Waals surface area contributed by atoms with Crippen LogP contribution >= 0.6 is 0 Å². The first-order chi connectivity index (χ1) is 9.22. The van der Waals surface area contributed by atoms with E-state index in [-0.39, 0.29) is 0 Å². The molecule has 0 spiro atoms. The number of hydrogen-bond acceptors (Lipinski definition) is 4. The van der Waals surface area contributed by atoms with Gasteiger partial charge in [-0.15, -0.1) is 10.2 Å². The minimum atomic E-state index is 0.487. The summed E-state index contributed by atoms with van der Waals surface area (Å²) in [5, 5.41) is 15.1. The molecule has 1 fully saturated rings. The van der Waals surface area contributed by atoms with Gasteiger partial charge in [-0.1, -0.05) is 23.8 Å². The largest absolute Gasteiger partial charge is 0.363 e. The van der Waals surface area contributed by atoms with E-state index in [2.05, 4.69) is 52.9 Å². The Hall–Kier alpha value is -1.94. The lowest BCUT2D eigenvalue weighted by Crippen LogP contribution is -2.51. The van der Waals surface area contributed by atoms with Gasteiger partial charge in [0.15, 0.2) is 0 Å². The molecule has 1 aliphatic rings. The van der Waals surface area contributed by atoms with Crippen molar-refractivity contribution in [3.05, 3.63) is 41.5 Å². The van der Waals surface area contributed by atoms with Gasteiger partial charge in [0.1, 0.15) is 5.82 Å². The van der Waals surface area contributed by atoms with Crippen LogP contribution in [0.15, 0.2) is 30.3 Å². The van der Waals surface area contributed by atoms with Gasteiger partial charge in [0, 0.05) is 18.7 Å². The third-order valence-corrected chi connectivity index (χ3v) is 3.46. The second kappa shape index (κ2) is 4.97. The average molecular weight is 254 g/mol. The smallest absolute Gasteiger partial charge is 0.148 e. The maximum absolute atomic E-state index is 4.32. The molecule has 3 rings (SSSR count). The maximum atomic E-state index is 4.32. The van der Waals surface area contributed by atoms with Gasteiger partial charge in [0.05, 0.1) is 11.7 Å². The topological polar surface area (TPSA) is 49.8 Å². The third kappa shape index (κ3) is 2.58. The zero-order valence-corrected chi connectivity index (χ0v) is 11.3. The summed E-state index contributed by atoms with van der Waals surface area (Å²) in [6.45, 7) is 6.21. The summed E-state index contributed by atoms with van der Waals surface area (Å²) >= 11 is 0. The van der Waals surface area contributed by atoms with E-state index in [1.165, 1.54) is 11.1 Å². The highest BCUT2D eigenvalue weighted by Crippen LogP contribution is 2.22. The van der Waals surface area contributed by atoms with Crippen molar-refractivity contribution in [1.82, 2.24) is 15.5 Å². The summed E-state index contributed by atoms with van der Waals surface area (Å²) in [5.74, 6) is 0.847. The molecular weight excluding hydrogens is 236 g/mol. The molecule has 0 radical (unpaired) electrons. The summed E-state index contributed by atoms with van der Waals surface area (Å²) < 4.78 is 0. The molecule has 4 heteroatoms. The predicted molar refractivity (Wildman–Crippen MR) is 77.2 cm³/mol. The summed E-state index contributed by atoms with van der Waals surface area (Å²) in [6, 6.07) is 10.9. The number of aromatic nitrogens is 2. The van der Waals surface area contributed by atoms with Crippen LogP contribution in [0.5, 0.6) is 0 Å². The lowest BCUT2D eigenvalue weighted by atomic mass is 10.0. The first-order valence-electron chi connectivity index (χ1n) is 6.61. The number of nitrogens with zero attached hydrogens (tertiary/aromatic N) is 2. The van der Waals surface area contributed by atoms with E-state index in [0.717, 1.165) is 30.2 Å². The molecule has 0 aliphatic carbocycles. The normalized spacial score (nSPS) is 15.1. The Kier molecular flexibility index (Phi) is 3.17. The van der Waals surface area contributed by atoms with Gasteiger partial charge in [-0.05, 0) is 31.5 Å². The van der Waals surface area contributed by atoms with Crippen LogP contribution in [0.1, 0.15) is 11.1 Å². The number of anilines is 1. The number of benzene rings is 1.